The van der Waals surface area contributed by atoms with Crippen LogP contribution < -0.4 is 5.73 Å². The van der Waals surface area contributed by atoms with Crippen molar-refractivity contribution in [2.45, 2.75) is 25.7 Å². The van der Waals surface area contributed by atoms with E-state index in [1.165, 1.54) is 18.4 Å². The molecule has 0 spiro atoms. The minimum Gasteiger partial charge on any atom is -0.383 e. The Morgan fingerprint density at radius 2 is 2.06 bits per heavy atom. The molecule has 0 amide bonds. The van der Waals surface area contributed by atoms with E-state index in [2.05, 4.69) is 26.0 Å². The van der Waals surface area contributed by atoms with Crippen LogP contribution in [0.5, 0.6) is 0 Å². The lowest BCUT2D eigenvalue weighted by Gasteiger charge is -2.08. The van der Waals surface area contributed by atoms with Crippen molar-refractivity contribution in [3.63, 3.8) is 0 Å². The summed E-state index contributed by atoms with van der Waals surface area (Å²) >= 11 is 3.37. The van der Waals surface area contributed by atoms with Gasteiger partial charge >= 0.3 is 0 Å². The van der Waals surface area contributed by atoms with E-state index in [0.717, 1.165) is 34.6 Å². The largest absolute Gasteiger partial charge is 0.383 e. The molecule has 0 fully saturated rings. The third-order valence-corrected chi connectivity index (χ3v) is 3.59. The van der Waals surface area contributed by atoms with E-state index in [9.17, 15) is 0 Å². The molecule has 0 atom stereocenters. The van der Waals surface area contributed by atoms with Gasteiger partial charge in [0.1, 0.15) is 5.82 Å². The summed E-state index contributed by atoms with van der Waals surface area (Å²) in [6.07, 6.45) is 6.24. The van der Waals surface area contributed by atoms with E-state index in [0.29, 0.717) is 0 Å². The number of pyridine rings is 1. The smallest absolute Gasteiger partial charge is 0.155 e. The van der Waals surface area contributed by atoms with E-state index in [-0.39, 0.29) is 0 Å². The van der Waals surface area contributed by atoms with Crippen LogP contribution in [0.4, 0.5) is 5.82 Å². The topological polar surface area (TPSA) is 56.7 Å². The molecule has 2 heterocycles. The van der Waals surface area contributed by atoms with Gasteiger partial charge in [-0.25, -0.2) is 4.98 Å². The Morgan fingerprint density at radius 1 is 1.24 bits per heavy atom. The normalized spacial score (nSPS) is 14.6. The molecule has 2 N–H and O–H groups in total. The van der Waals surface area contributed by atoms with Crippen LogP contribution in [0.2, 0.25) is 0 Å². The Labute approximate surface area is 108 Å². The summed E-state index contributed by atoms with van der Waals surface area (Å²) in [5.74, 6) is 1.52. The van der Waals surface area contributed by atoms with Gasteiger partial charge < -0.3 is 5.73 Å². The second-order valence-electron chi connectivity index (χ2n) is 4.26. The van der Waals surface area contributed by atoms with Gasteiger partial charge in [-0.3, -0.25) is 0 Å². The van der Waals surface area contributed by atoms with Crippen molar-refractivity contribution in [1.29, 1.82) is 0 Å². The lowest BCUT2D eigenvalue weighted by Crippen LogP contribution is -2.04. The van der Waals surface area contributed by atoms with Crippen molar-refractivity contribution < 1.29 is 0 Å². The molecule has 0 saturated heterocycles. The van der Waals surface area contributed by atoms with Crippen LogP contribution in [-0.4, -0.2) is 14.8 Å². The van der Waals surface area contributed by atoms with Crippen molar-refractivity contribution in [2.24, 2.45) is 0 Å². The summed E-state index contributed by atoms with van der Waals surface area (Å²) < 4.78 is 2.71. The summed E-state index contributed by atoms with van der Waals surface area (Å²) in [5, 5.41) is 4.56. The fourth-order valence-electron chi connectivity index (χ4n) is 2.25. The Morgan fingerprint density at radius 3 is 2.76 bits per heavy atom. The molecule has 0 saturated carbocycles. The lowest BCUT2D eigenvalue weighted by atomic mass is 9.98. The lowest BCUT2D eigenvalue weighted by molar-refractivity contribution is 0.670. The van der Waals surface area contributed by atoms with Crippen molar-refractivity contribution in [3.8, 4) is 5.82 Å². The van der Waals surface area contributed by atoms with Crippen LogP contribution >= 0.6 is 15.9 Å². The highest BCUT2D eigenvalue weighted by Crippen LogP contribution is 2.27. The number of aryl methyl sites for hydroxylation is 1. The second-order valence-corrected chi connectivity index (χ2v) is 5.18. The van der Waals surface area contributed by atoms with Crippen molar-refractivity contribution in [2.75, 3.05) is 5.73 Å². The molecule has 0 unspecified atom stereocenters. The van der Waals surface area contributed by atoms with Gasteiger partial charge in [0.2, 0.25) is 0 Å². The number of nitrogens with zero attached hydrogens (tertiary/aromatic N) is 3. The summed E-state index contributed by atoms with van der Waals surface area (Å²) in [5.41, 5.74) is 8.49. The molecule has 1 aliphatic carbocycles. The van der Waals surface area contributed by atoms with Crippen molar-refractivity contribution in [1.82, 2.24) is 14.8 Å². The number of hydrogen-bond acceptors (Lipinski definition) is 3. The zero-order chi connectivity index (χ0) is 11.8. The maximum atomic E-state index is 6.14. The van der Waals surface area contributed by atoms with E-state index in [4.69, 9.17) is 5.73 Å². The number of fused-ring (bicyclic) bond motifs is 1. The average Bonchev–Trinajstić information content (AvgIpc) is 2.69. The van der Waals surface area contributed by atoms with E-state index in [1.807, 2.05) is 12.1 Å². The highest BCUT2D eigenvalue weighted by atomic mass is 79.9. The SMILES string of the molecule is Nc1c2c(nn1-c1ccc(Br)cn1)CCCC2. The monoisotopic (exact) mass is 292 g/mol. The molecule has 3 rings (SSSR count). The zero-order valence-corrected chi connectivity index (χ0v) is 10.9. The number of nitrogen functional groups attached to an aromatic ring is 1. The van der Waals surface area contributed by atoms with E-state index < -0.39 is 0 Å². The highest BCUT2D eigenvalue weighted by molar-refractivity contribution is 9.10. The molecule has 88 valence electrons. The Balaban J connectivity index is 2.09. The first-order chi connectivity index (χ1) is 8.25. The molecule has 17 heavy (non-hydrogen) atoms. The standard InChI is InChI=1S/C12H13BrN4/c13-8-5-6-11(15-7-8)17-12(14)9-3-1-2-4-10(9)16-17/h5-7H,1-4,14H2. The number of hydrogen-bond donors (Lipinski definition) is 1. The first-order valence-electron chi connectivity index (χ1n) is 5.74. The van der Waals surface area contributed by atoms with Crippen molar-refractivity contribution >= 4 is 21.7 Å². The molecule has 0 bridgehead atoms. The highest BCUT2D eigenvalue weighted by Gasteiger charge is 2.19. The summed E-state index contributed by atoms with van der Waals surface area (Å²) in [6, 6.07) is 3.86. The third-order valence-electron chi connectivity index (χ3n) is 3.13. The first kappa shape index (κ1) is 10.8. The fraction of sp³-hybridized carbons (Fsp3) is 0.333. The van der Waals surface area contributed by atoms with Gasteiger partial charge in [0.15, 0.2) is 5.82 Å². The van der Waals surface area contributed by atoms with Gasteiger partial charge in [0, 0.05) is 16.2 Å². The van der Waals surface area contributed by atoms with Crippen LogP contribution in [0.15, 0.2) is 22.8 Å². The van der Waals surface area contributed by atoms with Gasteiger partial charge in [-0.15, -0.1) is 0 Å². The Hall–Kier alpha value is -1.36. The number of anilines is 1. The molecule has 1 aliphatic rings. The molecule has 0 aliphatic heterocycles. The predicted octanol–water partition coefficient (Wildman–Crippen LogP) is 2.49. The van der Waals surface area contributed by atoms with Gasteiger partial charge in [0.05, 0.1) is 5.69 Å². The van der Waals surface area contributed by atoms with Gasteiger partial charge in [0.25, 0.3) is 0 Å². The Kier molecular flexibility index (Phi) is 2.63. The number of halogens is 1. The molecule has 2 aromatic heterocycles. The van der Waals surface area contributed by atoms with Crippen LogP contribution in [0, 0.1) is 0 Å². The van der Waals surface area contributed by atoms with E-state index >= 15 is 0 Å². The summed E-state index contributed by atoms with van der Waals surface area (Å²) in [4.78, 5) is 4.33. The Bertz CT molecular complexity index is 544. The molecular formula is C12H13BrN4. The first-order valence-corrected chi connectivity index (χ1v) is 6.53. The summed E-state index contributed by atoms with van der Waals surface area (Å²) in [7, 11) is 0. The maximum absolute atomic E-state index is 6.14. The molecule has 4 nitrogen and oxygen atoms in total. The minimum atomic E-state index is 0.745. The number of rotatable bonds is 1. The van der Waals surface area contributed by atoms with Crippen molar-refractivity contribution in [3.05, 3.63) is 34.1 Å². The van der Waals surface area contributed by atoms with Crippen LogP contribution in [-0.2, 0) is 12.8 Å². The molecule has 0 radical (unpaired) electrons. The zero-order valence-electron chi connectivity index (χ0n) is 9.36. The molecular weight excluding hydrogens is 280 g/mol. The van der Waals surface area contributed by atoms with Gasteiger partial charge in [-0.05, 0) is 53.7 Å². The molecule has 5 heteroatoms. The quantitative estimate of drug-likeness (QED) is 0.879. The van der Waals surface area contributed by atoms with Crippen LogP contribution in [0.1, 0.15) is 24.1 Å². The molecule has 2 aromatic rings. The summed E-state index contributed by atoms with van der Waals surface area (Å²) in [6.45, 7) is 0. The van der Waals surface area contributed by atoms with Gasteiger partial charge in [-0.2, -0.15) is 9.78 Å². The second kappa shape index (κ2) is 4.14. The van der Waals surface area contributed by atoms with Gasteiger partial charge in [-0.1, -0.05) is 0 Å². The number of aromatic nitrogens is 3. The van der Waals surface area contributed by atoms with Crippen LogP contribution in [0.25, 0.3) is 5.82 Å². The van der Waals surface area contributed by atoms with E-state index in [1.54, 1.807) is 10.9 Å². The third kappa shape index (κ3) is 1.84. The maximum Gasteiger partial charge on any atom is 0.155 e. The average molecular weight is 293 g/mol. The number of nitrogens with two attached hydrogens (primary N) is 1. The molecule has 0 aromatic carbocycles. The minimum absolute atomic E-state index is 0.745. The fourth-order valence-corrected chi connectivity index (χ4v) is 2.48. The van der Waals surface area contributed by atoms with Crippen LogP contribution in [0.3, 0.4) is 0 Å². The predicted molar refractivity (Wildman–Crippen MR) is 70.1 cm³/mol.